The van der Waals surface area contributed by atoms with E-state index in [4.69, 9.17) is 0 Å². The Morgan fingerprint density at radius 1 is 1.15 bits per heavy atom. The number of carbonyl (C=O) groups excluding carboxylic acids is 1. The van der Waals surface area contributed by atoms with Crippen LogP contribution < -0.4 is 10.9 Å². The second-order valence-corrected chi connectivity index (χ2v) is 10.2. The number of hydrogen-bond acceptors (Lipinski definition) is 5. The second kappa shape index (κ2) is 9.62. The fourth-order valence-electron chi connectivity index (χ4n) is 4.69. The summed E-state index contributed by atoms with van der Waals surface area (Å²) in [5.41, 5.74) is 3.25. The van der Waals surface area contributed by atoms with Gasteiger partial charge in [-0.3, -0.25) is 18.6 Å². The van der Waals surface area contributed by atoms with Crippen LogP contribution in [0.15, 0.2) is 58.5 Å². The molecule has 1 aliphatic carbocycles. The van der Waals surface area contributed by atoms with Gasteiger partial charge in [0, 0.05) is 6.54 Å². The Kier molecular flexibility index (Phi) is 6.41. The summed E-state index contributed by atoms with van der Waals surface area (Å²) in [6.45, 7) is 4.85. The predicted octanol–water partition coefficient (Wildman–Crippen LogP) is 4.38. The van der Waals surface area contributed by atoms with Crippen LogP contribution >= 0.6 is 11.8 Å². The Balaban J connectivity index is 1.40. The number of para-hydroxylation sites is 1. The zero-order valence-electron chi connectivity index (χ0n) is 19.5. The fraction of sp³-hybridized carbons (Fsp3) is 0.385. The summed E-state index contributed by atoms with van der Waals surface area (Å²) in [7, 11) is 0. The van der Waals surface area contributed by atoms with Crippen molar-refractivity contribution in [2.45, 2.75) is 57.3 Å². The summed E-state index contributed by atoms with van der Waals surface area (Å²) in [5, 5.41) is 13.2. The third-order valence-corrected chi connectivity index (χ3v) is 7.37. The van der Waals surface area contributed by atoms with Gasteiger partial charge >= 0.3 is 0 Å². The SMILES string of the molecule is CC(C)CCn1c(=O)c2ccccc2n2c(SCC(=O)NC3CCCc4ccccc43)nnc12. The minimum atomic E-state index is -0.0543. The molecule has 7 nitrogen and oxygen atoms in total. The molecule has 1 aliphatic rings. The summed E-state index contributed by atoms with van der Waals surface area (Å²) in [6, 6.07) is 15.9. The number of benzene rings is 2. The molecule has 2 aromatic carbocycles. The standard InChI is InChI=1S/C26H29N5O2S/c1-17(2)14-15-30-24(33)20-11-5-6-13-22(20)31-25(30)28-29-26(31)34-16-23(32)27-21-12-7-9-18-8-3-4-10-19(18)21/h3-6,8,10-11,13,17,21H,7,9,12,14-16H2,1-2H3,(H,27,32). The van der Waals surface area contributed by atoms with Crippen LogP contribution in [0.1, 0.15) is 50.3 Å². The van der Waals surface area contributed by atoms with Gasteiger partial charge in [0.15, 0.2) is 5.16 Å². The third-order valence-electron chi connectivity index (χ3n) is 6.45. The number of fused-ring (bicyclic) bond motifs is 4. The van der Waals surface area contributed by atoms with E-state index >= 15 is 0 Å². The summed E-state index contributed by atoms with van der Waals surface area (Å²) >= 11 is 1.35. The van der Waals surface area contributed by atoms with Gasteiger partial charge in [-0.05, 0) is 54.9 Å². The second-order valence-electron chi connectivity index (χ2n) is 9.27. The molecule has 1 amide bonds. The van der Waals surface area contributed by atoms with Crippen molar-refractivity contribution >= 4 is 34.3 Å². The van der Waals surface area contributed by atoms with Crippen LogP contribution in [0.25, 0.3) is 16.7 Å². The third kappa shape index (κ3) is 4.34. The maximum absolute atomic E-state index is 13.2. The van der Waals surface area contributed by atoms with Gasteiger partial charge in [-0.2, -0.15) is 0 Å². The first kappa shape index (κ1) is 22.7. The summed E-state index contributed by atoms with van der Waals surface area (Å²) in [6.07, 6.45) is 3.96. The topological polar surface area (TPSA) is 81.3 Å². The van der Waals surface area contributed by atoms with Gasteiger partial charge < -0.3 is 5.32 Å². The minimum Gasteiger partial charge on any atom is -0.349 e. The maximum Gasteiger partial charge on any atom is 0.262 e. The van der Waals surface area contributed by atoms with Crippen LogP contribution in [-0.4, -0.2) is 30.8 Å². The fourth-order valence-corrected chi connectivity index (χ4v) is 5.44. The van der Waals surface area contributed by atoms with Crippen LogP contribution in [-0.2, 0) is 17.8 Å². The van der Waals surface area contributed by atoms with Crippen LogP contribution in [0.4, 0.5) is 0 Å². The first-order valence-corrected chi connectivity index (χ1v) is 12.9. The van der Waals surface area contributed by atoms with E-state index in [2.05, 4.69) is 47.6 Å². The molecule has 2 aromatic heterocycles. The quantitative estimate of drug-likeness (QED) is 0.401. The lowest BCUT2D eigenvalue weighted by Crippen LogP contribution is -2.32. The zero-order chi connectivity index (χ0) is 23.7. The molecular formula is C26H29N5O2S. The number of nitrogens with zero attached hydrogens (tertiary/aromatic N) is 4. The van der Waals surface area contributed by atoms with Gasteiger partial charge in [-0.1, -0.05) is 62.0 Å². The van der Waals surface area contributed by atoms with E-state index in [-0.39, 0.29) is 23.3 Å². The molecular weight excluding hydrogens is 446 g/mol. The number of amides is 1. The number of aryl methyl sites for hydroxylation is 2. The Bertz CT molecular complexity index is 1410. The molecule has 0 bridgehead atoms. The van der Waals surface area contributed by atoms with Gasteiger partial charge in [0.25, 0.3) is 5.56 Å². The van der Waals surface area contributed by atoms with Gasteiger partial charge in [0.05, 0.1) is 22.7 Å². The Morgan fingerprint density at radius 2 is 1.94 bits per heavy atom. The molecule has 1 atom stereocenters. The summed E-state index contributed by atoms with van der Waals surface area (Å²) in [4.78, 5) is 26.0. The Hall–Kier alpha value is -3.13. The molecule has 34 heavy (non-hydrogen) atoms. The van der Waals surface area contributed by atoms with E-state index in [1.807, 2.05) is 34.7 Å². The number of rotatable bonds is 7. The van der Waals surface area contributed by atoms with E-state index in [9.17, 15) is 9.59 Å². The first-order chi connectivity index (χ1) is 16.5. The van der Waals surface area contributed by atoms with Gasteiger partial charge in [0.1, 0.15) is 0 Å². The molecule has 0 saturated heterocycles. The van der Waals surface area contributed by atoms with Crippen molar-refractivity contribution in [3.05, 3.63) is 70.0 Å². The van der Waals surface area contributed by atoms with Crippen molar-refractivity contribution in [1.82, 2.24) is 24.5 Å². The molecule has 1 N–H and O–H groups in total. The molecule has 1 unspecified atom stereocenters. The molecule has 5 rings (SSSR count). The number of aromatic nitrogens is 4. The van der Waals surface area contributed by atoms with E-state index < -0.39 is 0 Å². The molecule has 0 radical (unpaired) electrons. The smallest absolute Gasteiger partial charge is 0.262 e. The number of hydrogen-bond donors (Lipinski definition) is 1. The van der Waals surface area contributed by atoms with Crippen LogP contribution in [0.5, 0.6) is 0 Å². The van der Waals surface area contributed by atoms with Crippen LogP contribution in [0, 0.1) is 5.92 Å². The average molecular weight is 476 g/mol. The lowest BCUT2D eigenvalue weighted by atomic mass is 9.88. The van der Waals surface area contributed by atoms with Crippen molar-refractivity contribution in [1.29, 1.82) is 0 Å². The highest BCUT2D eigenvalue weighted by Gasteiger charge is 2.22. The van der Waals surface area contributed by atoms with Crippen molar-refractivity contribution in [3.63, 3.8) is 0 Å². The zero-order valence-corrected chi connectivity index (χ0v) is 20.3. The van der Waals surface area contributed by atoms with Crippen molar-refractivity contribution < 1.29 is 4.79 Å². The van der Waals surface area contributed by atoms with Gasteiger partial charge in [0.2, 0.25) is 11.7 Å². The Labute approximate surface area is 202 Å². The maximum atomic E-state index is 13.2. The first-order valence-electron chi connectivity index (χ1n) is 11.9. The highest BCUT2D eigenvalue weighted by atomic mass is 32.2. The van der Waals surface area contributed by atoms with Crippen molar-refractivity contribution in [2.75, 3.05) is 5.75 Å². The molecule has 176 valence electrons. The van der Waals surface area contributed by atoms with Crippen molar-refractivity contribution in [2.24, 2.45) is 5.92 Å². The van der Waals surface area contributed by atoms with Crippen LogP contribution in [0.3, 0.4) is 0 Å². The molecule has 0 spiro atoms. The molecule has 8 heteroatoms. The molecule has 0 fully saturated rings. The molecule has 0 saturated carbocycles. The Morgan fingerprint density at radius 3 is 2.79 bits per heavy atom. The predicted molar refractivity (Wildman–Crippen MR) is 135 cm³/mol. The lowest BCUT2D eigenvalue weighted by Gasteiger charge is -2.26. The highest BCUT2D eigenvalue weighted by molar-refractivity contribution is 7.99. The monoisotopic (exact) mass is 475 g/mol. The molecule has 0 aliphatic heterocycles. The van der Waals surface area contributed by atoms with Gasteiger partial charge in [-0.25, -0.2) is 0 Å². The minimum absolute atomic E-state index is 0.0270. The average Bonchev–Trinajstić information content (AvgIpc) is 3.27. The van der Waals surface area contributed by atoms with E-state index in [1.54, 1.807) is 4.57 Å². The summed E-state index contributed by atoms with van der Waals surface area (Å²) in [5.74, 6) is 1.19. The highest BCUT2D eigenvalue weighted by Crippen LogP contribution is 2.30. The van der Waals surface area contributed by atoms with Crippen LogP contribution in [0.2, 0.25) is 0 Å². The van der Waals surface area contributed by atoms with Crippen molar-refractivity contribution in [3.8, 4) is 0 Å². The van der Waals surface area contributed by atoms with E-state index in [0.717, 1.165) is 31.2 Å². The van der Waals surface area contributed by atoms with Gasteiger partial charge in [-0.15, -0.1) is 10.2 Å². The van der Waals surface area contributed by atoms with E-state index in [0.29, 0.717) is 28.8 Å². The number of thioether (sulfide) groups is 1. The lowest BCUT2D eigenvalue weighted by molar-refractivity contribution is -0.119. The summed E-state index contributed by atoms with van der Waals surface area (Å²) < 4.78 is 3.61. The molecule has 4 aromatic rings. The largest absolute Gasteiger partial charge is 0.349 e. The number of carbonyl (C=O) groups is 1. The van der Waals surface area contributed by atoms with E-state index in [1.165, 1.54) is 22.9 Å². The molecule has 2 heterocycles. The normalized spacial score (nSPS) is 15.7. The number of nitrogens with one attached hydrogen (secondary N) is 1.